The first-order valence-electron chi connectivity index (χ1n) is 5.62. The highest BCUT2D eigenvalue weighted by Crippen LogP contribution is 2.25. The molecule has 1 aromatic heterocycles. The molecule has 1 aliphatic carbocycles. The molecule has 1 heterocycles. The van der Waals surface area contributed by atoms with Crippen LogP contribution in [0.2, 0.25) is 0 Å². The number of pyridine rings is 1. The number of hydrogen-bond donors (Lipinski definition) is 1. The number of ether oxygens (including phenoxy) is 1. The predicted octanol–water partition coefficient (Wildman–Crippen LogP) is 2.69. The number of aromatic nitrogens is 1. The van der Waals surface area contributed by atoms with Crippen molar-refractivity contribution in [2.45, 2.75) is 25.7 Å². The normalized spacial score (nSPS) is 16.6. The maximum Gasteiger partial charge on any atom is 0.214 e. The van der Waals surface area contributed by atoms with Crippen LogP contribution in [0.15, 0.2) is 18.3 Å². The molecule has 1 saturated carbocycles. The van der Waals surface area contributed by atoms with E-state index >= 15 is 0 Å². The standard InChI is InChI=1S/C12H18N2O/c1-15-12-8-11(6-7-13-12)14-9-10-4-2-3-5-10/h6-8,10H,2-5,9H2,1H3,(H,13,14). The maximum atomic E-state index is 5.08. The van der Waals surface area contributed by atoms with Gasteiger partial charge in [-0.1, -0.05) is 12.8 Å². The van der Waals surface area contributed by atoms with Gasteiger partial charge in [-0.05, 0) is 24.8 Å². The van der Waals surface area contributed by atoms with Crippen molar-refractivity contribution in [3.05, 3.63) is 18.3 Å². The number of anilines is 1. The minimum atomic E-state index is 0.673. The van der Waals surface area contributed by atoms with Crippen LogP contribution in [0.5, 0.6) is 5.88 Å². The third kappa shape index (κ3) is 2.85. The van der Waals surface area contributed by atoms with Gasteiger partial charge in [0.25, 0.3) is 0 Å². The van der Waals surface area contributed by atoms with Gasteiger partial charge < -0.3 is 10.1 Å². The lowest BCUT2D eigenvalue weighted by Gasteiger charge is -2.11. The van der Waals surface area contributed by atoms with Gasteiger partial charge in [0.05, 0.1) is 7.11 Å². The Hall–Kier alpha value is -1.25. The van der Waals surface area contributed by atoms with Crippen LogP contribution >= 0.6 is 0 Å². The van der Waals surface area contributed by atoms with Crippen molar-refractivity contribution in [1.29, 1.82) is 0 Å². The lowest BCUT2D eigenvalue weighted by molar-refractivity contribution is 0.398. The molecule has 0 amide bonds. The van der Waals surface area contributed by atoms with E-state index in [1.807, 2.05) is 12.1 Å². The Morgan fingerprint density at radius 2 is 2.27 bits per heavy atom. The lowest BCUT2D eigenvalue weighted by atomic mass is 10.1. The Morgan fingerprint density at radius 3 is 3.00 bits per heavy atom. The van der Waals surface area contributed by atoms with Crippen molar-refractivity contribution in [2.24, 2.45) is 5.92 Å². The molecule has 1 aromatic rings. The monoisotopic (exact) mass is 206 g/mol. The molecule has 2 rings (SSSR count). The minimum Gasteiger partial charge on any atom is -0.481 e. The van der Waals surface area contributed by atoms with Crippen molar-refractivity contribution in [3.8, 4) is 5.88 Å². The summed E-state index contributed by atoms with van der Waals surface area (Å²) < 4.78 is 5.08. The number of rotatable bonds is 4. The molecule has 3 heteroatoms. The maximum absolute atomic E-state index is 5.08. The van der Waals surface area contributed by atoms with Gasteiger partial charge in [-0.3, -0.25) is 0 Å². The van der Waals surface area contributed by atoms with Gasteiger partial charge in [0.1, 0.15) is 0 Å². The Bertz CT molecular complexity index is 308. The molecule has 0 atom stereocenters. The zero-order valence-electron chi connectivity index (χ0n) is 9.20. The largest absolute Gasteiger partial charge is 0.481 e. The first kappa shape index (κ1) is 10.3. The fourth-order valence-corrected chi connectivity index (χ4v) is 2.11. The highest BCUT2D eigenvalue weighted by Gasteiger charge is 2.14. The predicted molar refractivity (Wildman–Crippen MR) is 61.2 cm³/mol. The second kappa shape index (κ2) is 5.01. The van der Waals surface area contributed by atoms with E-state index in [0.717, 1.165) is 18.2 Å². The molecule has 0 unspecified atom stereocenters. The van der Waals surface area contributed by atoms with Crippen molar-refractivity contribution in [2.75, 3.05) is 19.0 Å². The van der Waals surface area contributed by atoms with E-state index in [2.05, 4.69) is 10.3 Å². The molecule has 0 aliphatic heterocycles. The molecule has 15 heavy (non-hydrogen) atoms. The zero-order chi connectivity index (χ0) is 10.5. The minimum absolute atomic E-state index is 0.673. The highest BCUT2D eigenvalue weighted by atomic mass is 16.5. The second-order valence-corrected chi connectivity index (χ2v) is 4.12. The quantitative estimate of drug-likeness (QED) is 0.822. The molecule has 0 saturated heterocycles. The third-order valence-corrected chi connectivity index (χ3v) is 3.01. The van der Waals surface area contributed by atoms with Crippen molar-refractivity contribution in [3.63, 3.8) is 0 Å². The second-order valence-electron chi connectivity index (χ2n) is 4.12. The molecular weight excluding hydrogens is 188 g/mol. The lowest BCUT2D eigenvalue weighted by Crippen LogP contribution is -2.10. The van der Waals surface area contributed by atoms with Crippen LogP contribution in [0.1, 0.15) is 25.7 Å². The van der Waals surface area contributed by atoms with Gasteiger partial charge in [0.15, 0.2) is 0 Å². The third-order valence-electron chi connectivity index (χ3n) is 3.01. The van der Waals surface area contributed by atoms with Crippen LogP contribution in [-0.4, -0.2) is 18.6 Å². The van der Waals surface area contributed by atoms with E-state index in [0.29, 0.717) is 5.88 Å². The van der Waals surface area contributed by atoms with Gasteiger partial charge >= 0.3 is 0 Å². The van der Waals surface area contributed by atoms with Crippen molar-refractivity contribution in [1.82, 2.24) is 4.98 Å². The van der Waals surface area contributed by atoms with Crippen LogP contribution in [0.3, 0.4) is 0 Å². The molecule has 1 aliphatic rings. The fraction of sp³-hybridized carbons (Fsp3) is 0.583. The Kier molecular flexibility index (Phi) is 3.43. The van der Waals surface area contributed by atoms with Gasteiger partial charge in [-0.25, -0.2) is 4.98 Å². The van der Waals surface area contributed by atoms with Crippen LogP contribution in [0.4, 0.5) is 5.69 Å². The van der Waals surface area contributed by atoms with E-state index in [1.54, 1.807) is 13.3 Å². The molecular formula is C12H18N2O. The summed E-state index contributed by atoms with van der Waals surface area (Å²) in [5.41, 5.74) is 1.11. The molecule has 1 N–H and O–H groups in total. The summed E-state index contributed by atoms with van der Waals surface area (Å²) in [6.07, 6.45) is 7.30. The summed E-state index contributed by atoms with van der Waals surface area (Å²) in [5.74, 6) is 1.52. The molecule has 82 valence electrons. The number of methoxy groups -OCH3 is 1. The average Bonchev–Trinajstić information content (AvgIpc) is 2.79. The fourth-order valence-electron chi connectivity index (χ4n) is 2.11. The summed E-state index contributed by atoms with van der Waals surface area (Å²) in [6, 6.07) is 3.92. The van der Waals surface area contributed by atoms with Gasteiger partial charge in [0, 0.05) is 24.5 Å². The summed E-state index contributed by atoms with van der Waals surface area (Å²) >= 11 is 0. The van der Waals surface area contributed by atoms with E-state index in [9.17, 15) is 0 Å². The first-order chi connectivity index (χ1) is 7.38. The zero-order valence-corrected chi connectivity index (χ0v) is 9.20. The summed E-state index contributed by atoms with van der Waals surface area (Å²) in [7, 11) is 1.64. The van der Waals surface area contributed by atoms with E-state index < -0.39 is 0 Å². The summed E-state index contributed by atoms with van der Waals surface area (Å²) in [6.45, 7) is 1.08. The van der Waals surface area contributed by atoms with E-state index in [1.165, 1.54) is 25.7 Å². The number of nitrogens with zero attached hydrogens (tertiary/aromatic N) is 1. The molecule has 0 aromatic carbocycles. The summed E-state index contributed by atoms with van der Waals surface area (Å²) in [5, 5.41) is 3.44. The van der Waals surface area contributed by atoms with Crippen molar-refractivity contribution < 1.29 is 4.74 Å². The smallest absolute Gasteiger partial charge is 0.214 e. The van der Waals surface area contributed by atoms with Gasteiger partial charge in [-0.2, -0.15) is 0 Å². The van der Waals surface area contributed by atoms with E-state index in [-0.39, 0.29) is 0 Å². The molecule has 3 nitrogen and oxygen atoms in total. The van der Waals surface area contributed by atoms with Crippen LogP contribution < -0.4 is 10.1 Å². The number of nitrogens with one attached hydrogen (secondary N) is 1. The van der Waals surface area contributed by atoms with Crippen LogP contribution in [-0.2, 0) is 0 Å². The topological polar surface area (TPSA) is 34.1 Å². The average molecular weight is 206 g/mol. The Labute approximate surface area is 90.9 Å². The molecule has 1 fully saturated rings. The molecule has 0 bridgehead atoms. The SMILES string of the molecule is COc1cc(NCC2CCCC2)ccn1. The van der Waals surface area contributed by atoms with E-state index in [4.69, 9.17) is 4.74 Å². The number of hydrogen-bond acceptors (Lipinski definition) is 3. The Morgan fingerprint density at radius 1 is 1.47 bits per heavy atom. The van der Waals surface area contributed by atoms with Crippen LogP contribution in [0.25, 0.3) is 0 Å². The first-order valence-corrected chi connectivity index (χ1v) is 5.62. The van der Waals surface area contributed by atoms with Crippen LogP contribution in [0, 0.1) is 5.92 Å². The van der Waals surface area contributed by atoms with Gasteiger partial charge in [0.2, 0.25) is 5.88 Å². The summed E-state index contributed by atoms with van der Waals surface area (Å²) in [4.78, 5) is 4.08. The van der Waals surface area contributed by atoms with Gasteiger partial charge in [-0.15, -0.1) is 0 Å². The van der Waals surface area contributed by atoms with Crippen molar-refractivity contribution >= 4 is 5.69 Å². The highest BCUT2D eigenvalue weighted by molar-refractivity contribution is 5.44. The molecule has 0 spiro atoms. The Balaban J connectivity index is 1.86. The molecule has 0 radical (unpaired) electrons.